The molecule has 0 spiro atoms. The van der Waals surface area contributed by atoms with E-state index in [4.69, 9.17) is 9.52 Å². The Morgan fingerprint density at radius 3 is 2.61 bits per heavy atom. The molecule has 5 heteroatoms. The van der Waals surface area contributed by atoms with Crippen LogP contribution in [-0.2, 0) is 0 Å². The maximum atomic E-state index is 10.9. The number of carbonyl (C=O) groups is 1. The maximum absolute atomic E-state index is 10.9. The molecule has 0 aliphatic rings. The third kappa shape index (κ3) is 2.91. The van der Waals surface area contributed by atoms with Crippen LogP contribution in [0.2, 0.25) is 0 Å². The molecule has 0 saturated heterocycles. The fourth-order valence-corrected chi connectivity index (χ4v) is 1.35. The number of furan rings is 1. The summed E-state index contributed by atoms with van der Waals surface area (Å²) in [6.45, 7) is 0. The van der Waals surface area contributed by atoms with E-state index in [9.17, 15) is 4.79 Å². The van der Waals surface area contributed by atoms with E-state index in [2.05, 4.69) is 10.2 Å². The van der Waals surface area contributed by atoms with Gasteiger partial charge in [0.2, 0.25) is 0 Å². The smallest absolute Gasteiger partial charge is 0.336 e. The molecule has 2 aromatic rings. The number of hydrogen-bond donors (Lipinski definition) is 1. The summed E-state index contributed by atoms with van der Waals surface area (Å²) >= 11 is 0. The van der Waals surface area contributed by atoms with Gasteiger partial charge in [-0.3, -0.25) is 0 Å². The summed E-state index contributed by atoms with van der Waals surface area (Å²) in [7, 11) is 0. The molecule has 0 atom stereocenters. The van der Waals surface area contributed by atoms with Crippen LogP contribution in [0.4, 0.5) is 0 Å². The van der Waals surface area contributed by atoms with E-state index >= 15 is 0 Å². The first-order valence-corrected chi connectivity index (χ1v) is 5.19. The van der Waals surface area contributed by atoms with Gasteiger partial charge < -0.3 is 9.52 Å². The highest BCUT2D eigenvalue weighted by molar-refractivity contribution is 5.98. The number of benzene rings is 1. The van der Waals surface area contributed by atoms with Gasteiger partial charge in [0.25, 0.3) is 0 Å². The molecule has 90 valence electrons. The topological polar surface area (TPSA) is 75.2 Å². The first-order chi connectivity index (χ1) is 8.77. The lowest BCUT2D eigenvalue weighted by molar-refractivity contribution is 0.0697. The normalized spacial score (nSPS) is 11.3. The standard InChI is InChI=1S/C13H10N2O3/c16-13(17)12-6-2-1-4-10(12)8-14-15-9-11-5-3-7-18-11/h1-9H,(H,16,17)/b14-8+,15-9-. The maximum Gasteiger partial charge on any atom is 0.336 e. The molecule has 0 aliphatic heterocycles. The van der Waals surface area contributed by atoms with Crippen LogP contribution in [0.3, 0.4) is 0 Å². The molecule has 0 amide bonds. The van der Waals surface area contributed by atoms with Crippen LogP contribution in [0.15, 0.2) is 57.3 Å². The largest absolute Gasteiger partial charge is 0.478 e. The van der Waals surface area contributed by atoms with Gasteiger partial charge in [0.1, 0.15) is 5.76 Å². The van der Waals surface area contributed by atoms with Crippen LogP contribution in [0.1, 0.15) is 21.7 Å². The van der Waals surface area contributed by atoms with E-state index in [-0.39, 0.29) is 5.56 Å². The van der Waals surface area contributed by atoms with Crippen molar-refractivity contribution in [3.8, 4) is 0 Å². The van der Waals surface area contributed by atoms with Crippen LogP contribution in [0.5, 0.6) is 0 Å². The van der Waals surface area contributed by atoms with Crippen molar-refractivity contribution in [2.24, 2.45) is 10.2 Å². The molecule has 2 rings (SSSR count). The molecule has 0 saturated carbocycles. The fourth-order valence-electron chi connectivity index (χ4n) is 1.35. The fraction of sp³-hybridized carbons (Fsp3) is 0. The molecule has 0 radical (unpaired) electrons. The Kier molecular flexibility index (Phi) is 3.66. The molecule has 1 aromatic heterocycles. The van der Waals surface area contributed by atoms with Crippen LogP contribution in [0.25, 0.3) is 0 Å². The van der Waals surface area contributed by atoms with Gasteiger partial charge in [-0.25, -0.2) is 4.79 Å². The lowest BCUT2D eigenvalue weighted by atomic mass is 10.1. The lowest BCUT2D eigenvalue weighted by Crippen LogP contribution is -2.00. The Labute approximate surface area is 103 Å². The minimum absolute atomic E-state index is 0.189. The number of nitrogens with zero attached hydrogens (tertiary/aromatic N) is 2. The number of aromatic carboxylic acids is 1. The third-order valence-corrected chi connectivity index (χ3v) is 2.18. The van der Waals surface area contributed by atoms with E-state index in [1.807, 2.05) is 0 Å². The Morgan fingerprint density at radius 1 is 1.11 bits per heavy atom. The van der Waals surface area contributed by atoms with Crippen LogP contribution in [-0.4, -0.2) is 23.5 Å². The Morgan fingerprint density at radius 2 is 1.89 bits per heavy atom. The van der Waals surface area contributed by atoms with Crippen molar-refractivity contribution in [1.82, 2.24) is 0 Å². The van der Waals surface area contributed by atoms with Crippen molar-refractivity contribution < 1.29 is 14.3 Å². The van der Waals surface area contributed by atoms with E-state index < -0.39 is 5.97 Å². The van der Waals surface area contributed by atoms with Crippen molar-refractivity contribution >= 4 is 18.4 Å². The van der Waals surface area contributed by atoms with Crippen molar-refractivity contribution in [1.29, 1.82) is 0 Å². The molecule has 1 heterocycles. The second kappa shape index (κ2) is 5.58. The van der Waals surface area contributed by atoms with Gasteiger partial charge in [-0.15, -0.1) is 0 Å². The number of rotatable bonds is 4. The van der Waals surface area contributed by atoms with Gasteiger partial charge in [0.05, 0.1) is 24.3 Å². The number of carboxylic acids is 1. The molecule has 0 fully saturated rings. The highest BCUT2D eigenvalue weighted by Gasteiger charge is 2.06. The Balaban J connectivity index is 2.12. The zero-order chi connectivity index (χ0) is 12.8. The van der Waals surface area contributed by atoms with Crippen molar-refractivity contribution in [3.63, 3.8) is 0 Å². The lowest BCUT2D eigenvalue weighted by Gasteiger charge is -1.97. The van der Waals surface area contributed by atoms with E-state index in [1.165, 1.54) is 24.8 Å². The monoisotopic (exact) mass is 242 g/mol. The van der Waals surface area contributed by atoms with Crippen molar-refractivity contribution in [3.05, 3.63) is 59.5 Å². The van der Waals surface area contributed by atoms with Gasteiger partial charge in [0.15, 0.2) is 0 Å². The molecule has 0 bridgehead atoms. The van der Waals surface area contributed by atoms with Gasteiger partial charge >= 0.3 is 5.97 Å². The third-order valence-electron chi connectivity index (χ3n) is 2.18. The summed E-state index contributed by atoms with van der Waals surface area (Å²) in [5.74, 6) is -0.411. The average Bonchev–Trinajstić information content (AvgIpc) is 2.88. The number of hydrogen-bond acceptors (Lipinski definition) is 4. The molecule has 1 aromatic carbocycles. The summed E-state index contributed by atoms with van der Waals surface area (Å²) in [6.07, 6.45) is 4.37. The SMILES string of the molecule is O=C(O)c1ccccc1/C=N/N=C\c1ccco1. The van der Waals surface area contributed by atoms with Gasteiger partial charge in [-0.2, -0.15) is 10.2 Å². The summed E-state index contributed by atoms with van der Waals surface area (Å²) in [6, 6.07) is 10.1. The van der Waals surface area contributed by atoms with Crippen LogP contribution >= 0.6 is 0 Å². The minimum Gasteiger partial charge on any atom is -0.478 e. The molecule has 0 unspecified atom stereocenters. The Bertz CT molecular complexity index is 586. The second-order valence-electron chi connectivity index (χ2n) is 3.40. The predicted molar refractivity (Wildman–Crippen MR) is 67.3 cm³/mol. The molecular weight excluding hydrogens is 232 g/mol. The number of carboxylic acid groups (broad SMARTS) is 1. The molecule has 5 nitrogen and oxygen atoms in total. The predicted octanol–water partition coefficient (Wildman–Crippen LogP) is 2.43. The zero-order valence-electron chi connectivity index (χ0n) is 9.35. The molecular formula is C13H10N2O3. The average molecular weight is 242 g/mol. The molecule has 1 N–H and O–H groups in total. The first-order valence-electron chi connectivity index (χ1n) is 5.19. The first kappa shape index (κ1) is 11.8. The Hall–Kier alpha value is -2.69. The minimum atomic E-state index is -0.993. The van der Waals surface area contributed by atoms with E-state index in [0.717, 1.165) is 0 Å². The van der Waals surface area contributed by atoms with Gasteiger partial charge in [0, 0.05) is 5.56 Å². The van der Waals surface area contributed by atoms with E-state index in [0.29, 0.717) is 11.3 Å². The second-order valence-corrected chi connectivity index (χ2v) is 3.40. The van der Waals surface area contributed by atoms with Crippen molar-refractivity contribution in [2.75, 3.05) is 0 Å². The highest BCUT2D eigenvalue weighted by atomic mass is 16.4. The highest BCUT2D eigenvalue weighted by Crippen LogP contribution is 2.06. The summed E-state index contributed by atoms with van der Waals surface area (Å²) < 4.78 is 5.03. The van der Waals surface area contributed by atoms with Gasteiger partial charge in [-0.1, -0.05) is 18.2 Å². The van der Waals surface area contributed by atoms with Gasteiger partial charge in [-0.05, 0) is 18.2 Å². The zero-order valence-corrected chi connectivity index (χ0v) is 9.35. The summed E-state index contributed by atoms with van der Waals surface area (Å²) in [5.41, 5.74) is 0.691. The summed E-state index contributed by atoms with van der Waals surface area (Å²) in [4.78, 5) is 10.9. The quantitative estimate of drug-likeness (QED) is 0.660. The van der Waals surface area contributed by atoms with E-state index in [1.54, 1.807) is 30.3 Å². The molecule has 0 aliphatic carbocycles. The van der Waals surface area contributed by atoms with Crippen LogP contribution < -0.4 is 0 Å². The molecule has 18 heavy (non-hydrogen) atoms. The van der Waals surface area contributed by atoms with Crippen molar-refractivity contribution in [2.45, 2.75) is 0 Å². The van der Waals surface area contributed by atoms with Crippen LogP contribution in [0, 0.1) is 0 Å². The summed E-state index contributed by atoms with van der Waals surface area (Å²) in [5, 5.41) is 16.5.